The van der Waals surface area contributed by atoms with Crippen molar-refractivity contribution in [1.82, 2.24) is 5.32 Å². The molecular formula is C16H12N2O. The van der Waals surface area contributed by atoms with Gasteiger partial charge in [-0.05, 0) is 5.56 Å². The zero-order valence-corrected chi connectivity index (χ0v) is 10.3. The summed E-state index contributed by atoms with van der Waals surface area (Å²) in [6.45, 7) is 1.67. The van der Waals surface area contributed by atoms with Gasteiger partial charge in [-0.15, -0.1) is 0 Å². The number of fused-ring (bicyclic) bond motifs is 3. The Morgan fingerprint density at radius 2 is 1.63 bits per heavy atom. The van der Waals surface area contributed by atoms with Crippen molar-refractivity contribution in [2.24, 2.45) is 4.99 Å². The van der Waals surface area contributed by atoms with Crippen molar-refractivity contribution in [3.05, 3.63) is 59.2 Å². The lowest BCUT2D eigenvalue weighted by Gasteiger charge is -2.09. The third-order valence-electron chi connectivity index (χ3n) is 3.68. The van der Waals surface area contributed by atoms with E-state index in [9.17, 15) is 4.79 Å². The fourth-order valence-corrected chi connectivity index (χ4v) is 2.85. The van der Waals surface area contributed by atoms with E-state index in [0.29, 0.717) is 0 Å². The molecule has 1 N–H and O–H groups in total. The van der Waals surface area contributed by atoms with Gasteiger partial charge in [0.2, 0.25) is 0 Å². The SMILES string of the molecule is O=C1c2ccccc2-c2c1cccc2C1=NCCN1. The summed E-state index contributed by atoms with van der Waals surface area (Å²) in [5.74, 6) is 1.02. The number of hydrogen-bond acceptors (Lipinski definition) is 3. The van der Waals surface area contributed by atoms with Crippen LogP contribution in [0.3, 0.4) is 0 Å². The minimum atomic E-state index is 0.117. The normalized spacial score (nSPS) is 15.8. The van der Waals surface area contributed by atoms with Crippen LogP contribution in [0.25, 0.3) is 11.1 Å². The van der Waals surface area contributed by atoms with Gasteiger partial charge in [0, 0.05) is 28.8 Å². The van der Waals surface area contributed by atoms with Gasteiger partial charge in [-0.3, -0.25) is 9.79 Å². The van der Waals surface area contributed by atoms with Gasteiger partial charge in [-0.25, -0.2) is 0 Å². The smallest absolute Gasteiger partial charge is 0.194 e. The van der Waals surface area contributed by atoms with Gasteiger partial charge in [0.05, 0.1) is 6.54 Å². The fraction of sp³-hybridized carbons (Fsp3) is 0.125. The van der Waals surface area contributed by atoms with Crippen LogP contribution in [0, 0.1) is 0 Å². The van der Waals surface area contributed by atoms with Crippen molar-refractivity contribution in [3.63, 3.8) is 0 Å². The number of rotatable bonds is 1. The lowest BCUT2D eigenvalue weighted by atomic mass is 9.99. The Morgan fingerprint density at radius 1 is 0.895 bits per heavy atom. The zero-order valence-electron chi connectivity index (χ0n) is 10.3. The van der Waals surface area contributed by atoms with Crippen molar-refractivity contribution < 1.29 is 4.79 Å². The van der Waals surface area contributed by atoms with Gasteiger partial charge >= 0.3 is 0 Å². The molecule has 2 aromatic rings. The van der Waals surface area contributed by atoms with Gasteiger partial charge in [0.1, 0.15) is 5.84 Å². The molecule has 0 unspecified atom stereocenters. The highest BCUT2D eigenvalue weighted by molar-refractivity contribution is 6.25. The summed E-state index contributed by atoms with van der Waals surface area (Å²) >= 11 is 0. The maximum Gasteiger partial charge on any atom is 0.194 e. The molecule has 19 heavy (non-hydrogen) atoms. The summed E-state index contributed by atoms with van der Waals surface area (Å²) < 4.78 is 0. The Bertz CT molecular complexity index is 731. The van der Waals surface area contributed by atoms with Crippen LogP contribution in [0.15, 0.2) is 47.5 Å². The topological polar surface area (TPSA) is 41.5 Å². The molecule has 0 saturated carbocycles. The number of carbonyl (C=O) groups is 1. The Balaban J connectivity index is 2.03. The lowest BCUT2D eigenvalue weighted by molar-refractivity contribution is 0.104. The molecule has 1 aliphatic carbocycles. The van der Waals surface area contributed by atoms with Crippen LogP contribution in [0.2, 0.25) is 0 Å². The molecule has 0 amide bonds. The van der Waals surface area contributed by atoms with Crippen LogP contribution >= 0.6 is 0 Å². The van der Waals surface area contributed by atoms with E-state index in [1.165, 1.54) is 0 Å². The molecule has 0 radical (unpaired) electrons. The Labute approximate surface area is 111 Å². The quantitative estimate of drug-likeness (QED) is 0.717. The first kappa shape index (κ1) is 10.5. The Hall–Kier alpha value is -2.42. The number of nitrogens with zero attached hydrogens (tertiary/aromatic N) is 1. The van der Waals surface area contributed by atoms with Gasteiger partial charge in [0.25, 0.3) is 0 Å². The van der Waals surface area contributed by atoms with Gasteiger partial charge < -0.3 is 5.32 Å². The molecule has 0 atom stereocenters. The van der Waals surface area contributed by atoms with Gasteiger partial charge in [-0.1, -0.05) is 42.5 Å². The van der Waals surface area contributed by atoms with Crippen LogP contribution < -0.4 is 5.32 Å². The summed E-state index contributed by atoms with van der Waals surface area (Å²) in [4.78, 5) is 16.9. The molecular weight excluding hydrogens is 236 g/mol. The summed E-state index contributed by atoms with van der Waals surface area (Å²) in [5.41, 5.74) is 4.66. The summed E-state index contributed by atoms with van der Waals surface area (Å²) in [6, 6.07) is 13.7. The second-order valence-electron chi connectivity index (χ2n) is 4.76. The molecule has 0 fully saturated rings. The van der Waals surface area contributed by atoms with E-state index < -0.39 is 0 Å². The number of ketones is 1. The van der Waals surface area contributed by atoms with Crippen LogP contribution in [0.1, 0.15) is 21.5 Å². The monoisotopic (exact) mass is 248 g/mol. The number of carbonyl (C=O) groups excluding carboxylic acids is 1. The van der Waals surface area contributed by atoms with Crippen LogP contribution in [0.5, 0.6) is 0 Å². The number of hydrogen-bond donors (Lipinski definition) is 1. The van der Waals surface area contributed by atoms with Crippen molar-refractivity contribution in [3.8, 4) is 11.1 Å². The maximum absolute atomic E-state index is 12.4. The molecule has 0 aromatic heterocycles. The van der Waals surface area contributed by atoms with E-state index in [1.54, 1.807) is 0 Å². The fourth-order valence-electron chi connectivity index (χ4n) is 2.85. The molecule has 1 heterocycles. The Morgan fingerprint density at radius 3 is 2.42 bits per heavy atom. The van der Waals surface area contributed by atoms with E-state index in [4.69, 9.17) is 0 Å². The lowest BCUT2D eigenvalue weighted by Crippen LogP contribution is -2.20. The molecule has 3 nitrogen and oxygen atoms in total. The Kier molecular flexibility index (Phi) is 2.09. The number of aliphatic imine (C=N–C) groups is 1. The number of amidine groups is 1. The molecule has 0 saturated heterocycles. The summed E-state index contributed by atoms with van der Waals surface area (Å²) in [5, 5.41) is 3.29. The molecule has 1 aliphatic heterocycles. The molecule has 0 spiro atoms. The van der Waals surface area contributed by atoms with E-state index in [2.05, 4.69) is 10.3 Å². The highest BCUT2D eigenvalue weighted by Gasteiger charge is 2.29. The average Bonchev–Trinajstić information content (AvgIpc) is 3.08. The maximum atomic E-state index is 12.4. The van der Waals surface area contributed by atoms with Crippen molar-refractivity contribution in [2.45, 2.75) is 0 Å². The first-order valence-electron chi connectivity index (χ1n) is 6.42. The van der Waals surface area contributed by atoms with Crippen molar-refractivity contribution in [2.75, 3.05) is 13.1 Å². The van der Waals surface area contributed by atoms with Crippen molar-refractivity contribution in [1.29, 1.82) is 0 Å². The number of nitrogens with one attached hydrogen (secondary N) is 1. The van der Waals surface area contributed by atoms with Gasteiger partial charge in [-0.2, -0.15) is 0 Å². The second kappa shape index (κ2) is 3.79. The number of benzene rings is 2. The highest BCUT2D eigenvalue weighted by Crippen LogP contribution is 2.38. The zero-order chi connectivity index (χ0) is 12.8. The molecule has 4 rings (SSSR count). The summed E-state index contributed by atoms with van der Waals surface area (Å²) in [7, 11) is 0. The van der Waals surface area contributed by atoms with Crippen LogP contribution in [-0.2, 0) is 0 Å². The minimum Gasteiger partial charge on any atom is -0.368 e. The van der Waals surface area contributed by atoms with Crippen LogP contribution in [-0.4, -0.2) is 24.7 Å². The van der Waals surface area contributed by atoms with E-state index in [-0.39, 0.29) is 5.78 Å². The third kappa shape index (κ3) is 1.38. The highest BCUT2D eigenvalue weighted by atomic mass is 16.1. The first-order chi connectivity index (χ1) is 9.36. The van der Waals surface area contributed by atoms with E-state index in [0.717, 1.165) is 46.7 Å². The van der Waals surface area contributed by atoms with Crippen LogP contribution in [0.4, 0.5) is 0 Å². The molecule has 92 valence electrons. The van der Waals surface area contributed by atoms with Gasteiger partial charge in [0.15, 0.2) is 5.78 Å². The average molecular weight is 248 g/mol. The molecule has 2 aromatic carbocycles. The third-order valence-corrected chi connectivity index (χ3v) is 3.68. The van der Waals surface area contributed by atoms with E-state index >= 15 is 0 Å². The van der Waals surface area contributed by atoms with E-state index in [1.807, 2.05) is 42.5 Å². The predicted octanol–water partition coefficient (Wildman–Crippen LogP) is 2.25. The first-order valence-corrected chi connectivity index (χ1v) is 6.42. The van der Waals surface area contributed by atoms with Crippen molar-refractivity contribution >= 4 is 11.6 Å². The second-order valence-corrected chi connectivity index (χ2v) is 4.76. The minimum absolute atomic E-state index is 0.117. The molecule has 2 aliphatic rings. The standard InChI is InChI=1S/C16H12N2O/c19-15-11-5-2-1-4-10(11)14-12(15)6-3-7-13(14)16-17-8-9-18-16/h1-7H,8-9H2,(H,17,18). The largest absolute Gasteiger partial charge is 0.368 e. The molecule has 0 bridgehead atoms. The predicted molar refractivity (Wildman–Crippen MR) is 74.7 cm³/mol. The summed E-state index contributed by atoms with van der Waals surface area (Å²) in [6.07, 6.45) is 0. The molecule has 3 heteroatoms.